The topological polar surface area (TPSA) is 83.8 Å². The number of fused-ring (bicyclic) bond motifs is 1. The zero-order chi connectivity index (χ0) is 26.1. The first-order valence-corrected chi connectivity index (χ1v) is 13.9. The molecule has 1 aliphatic carbocycles. The van der Waals surface area contributed by atoms with E-state index in [1.807, 2.05) is 54.0 Å². The molecule has 3 heterocycles. The van der Waals surface area contributed by atoms with E-state index in [1.54, 1.807) is 11.8 Å². The number of likely N-dealkylation sites (N-methyl/N-ethyl adjacent to an activating group) is 1. The van der Waals surface area contributed by atoms with Gasteiger partial charge in [0.15, 0.2) is 5.65 Å². The fourth-order valence-electron chi connectivity index (χ4n) is 4.71. The van der Waals surface area contributed by atoms with Crippen molar-refractivity contribution in [2.24, 2.45) is 0 Å². The van der Waals surface area contributed by atoms with Gasteiger partial charge in [-0.2, -0.15) is 5.10 Å². The quantitative estimate of drug-likeness (QED) is 0.349. The molecule has 38 heavy (non-hydrogen) atoms. The number of amides is 1. The first-order valence-electron chi connectivity index (χ1n) is 13.1. The number of carbonyl (C=O) groups excluding carboxylic acids is 1. The molecule has 1 unspecified atom stereocenters. The van der Waals surface area contributed by atoms with E-state index in [0.29, 0.717) is 18.2 Å². The molecule has 1 saturated heterocycles. The normalized spacial score (nSPS) is 18.0. The average Bonchev–Trinajstić information content (AvgIpc) is 3.63. The third-order valence-corrected chi connectivity index (χ3v) is 7.87. The van der Waals surface area contributed by atoms with Gasteiger partial charge in [0.2, 0.25) is 0 Å². The van der Waals surface area contributed by atoms with Crippen LogP contribution in [0.1, 0.15) is 28.8 Å². The number of imidazole rings is 1. The van der Waals surface area contributed by atoms with Crippen molar-refractivity contribution in [1.29, 1.82) is 0 Å². The van der Waals surface area contributed by atoms with Crippen LogP contribution in [0, 0.1) is 6.92 Å². The van der Waals surface area contributed by atoms with Crippen LogP contribution in [0.3, 0.4) is 0 Å². The summed E-state index contributed by atoms with van der Waals surface area (Å²) in [6, 6.07) is 18.6. The predicted molar refractivity (Wildman–Crippen MR) is 150 cm³/mol. The molecule has 2 N–H and O–H groups in total. The Labute approximate surface area is 226 Å². The minimum absolute atomic E-state index is 0.00331. The second-order valence-electron chi connectivity index (χ2n) is 10.1. The Balaban J connectivity index is 1.33. The lowest BCUT2D eigenvalue weighted by Gasteiger charge is -2.30. The number of hydrogen-bond acceptors (Lipinski definition) is 7. The predicted octanol–water partition coefficient (Wildman–Crippen LogP) is 4.49. The molecule has 0 radical (unpaired) electrons. The second-order valence-corrected chi connectivity index (χ2v) is 11.2. The first kappa shape index (κ1) is 24.9. The molecule has 196 valence electrons. The molecule has 2 aromatic heterocycles. The van der Waals surface area contributed by atoms with Crippen molar-refractivity contribution in [1.82, 2.24) is 24.8 Å². The molecule has 1 saturated carbocycles. The Kier molecular flexibility index (Phi) is 7.06. The Hall–Kier alpha value is -3.40. The number of hydrogen-bond donors (Lipinski definition) is 2. The van der Waals surface area contributed by atoms with Gasteiger partial charge in [0.05, 0.1) is 30.3 Å². The van der Waals surface area contributed by atoms with Crippen LogP contribution in [-0.2, 0) is 4.74 Å². The third-order valence-electron chi connectivity index (χ3n) is 6.95. The highest BCUT2D eigenvalue weighted by atomic mass is 32.2. The number of anilines is 1. The molecular weight excluding hydrogens is 496 g/mol. The SMILES string of the molecule is Cc1cc(-c2cnc3c(NCC4CN(C)CCO4)cc(Sc4ccccc4)nn23)ccc1C(=O)NC1CC1. The summed E-state index contributed by atoms with van der Waals surface area (Å²) >= 11 is 1.61. The fourth-order valence-corrected chi connectivity index (χ4v) is 5.55. The molecule has 1 atom stereocenters. The van der Waals surface area contributed by atoms with Crippen molar-refractivity contribution in [3.8, 4) is 11.3 Å². The number of morpholine rings is 1. The van der Waals surface area contributed by atoms with Crippen LogP contribution >= 0.6 is 11.8 Å². The summed E-state index contributed by atoms with van der Waals surface area (Å²) in [5.41, 5.74) is 5.17. The van der Waals surface area contributed by atoms with E-state index < -0.39 is 0 Å². The molecule has 9 heteroatoms. The monoisotopic (exact) mass is 528 g/mol. The van der Waals surface area contributed by atoms with Crippen molar-refractivity contribution in [2.45, 2.75) is 41.8 Å². The molecule has 8 nitrogen and oxygen atoms in total. The largest absolute Gasteiger partial charge is 0.379 e. The van der Waals surface area contributed by atoms with Gasteiger partial charge in [-0.05, 0) is 62.7 Å². The van der Waals surface area contributed by atoms with Gasteiger partial charge in [0, 0.05) is 41.7 Å². The summed E-state index contributed by atoms with van der Waals surface area (Å²) in [4.78, 5) is 20.8. The summed E-state index contributed by atoms with van der Waals surface area (Å²) in [5.74, 6) is -0.00331. The van der Waals surface area contributed by atoms with Crippen LogP contribution in [0.25, 0.3) is 16.9 Å². The van der Waals surface area contributed by atoms with Crippen LogP contribution in [0.4, 0.5) is 5.69 Å². The van der Waals surface area contributed by atoms with Gasteiger partial charge in [0.1, 0.15) is 5.03 Å². The van der Waals surface area contributed by atoms with Gasteiger partial charge in [0.25, 0.3) is 5.91 Å². The lowest BCUT2D eigenvalue weighted by Crippen LogP contribution is -2.43. The highest BCUT2D eigenvalue weighted by Crippen LogP contribution is 2.32. The maximum Gasteiger partial charge on any atom is 0.251 e. The highest BCUT2D eigenvalue weighted by Gasteiger charge is 2.25. The molecular formula is C29H32N6O2S. The van der Waals surface area contributed by atoms with E-state index in [9.17, 15) is 4.79 Å². The number of aryl methyl sites for hydroxylation is 1. The number of nitrogens with zero attached hydrogens (tertiary/aromatic N) is 4. The Morgan fingerprint density at radius 1 is 1.16 bits per heavy atom. The number of rotatable bonds is 8. The van der Waals surface area contributed by atoms with Gasteiger partial charge in [-0.25, -0.2) is 9.50 Å². The number of benzene rings is 2. The zero-order valence-electron chi connectivity index (χ0n) is 21.7. The van der Waals surface area contributed by atoms with Crippen LogP contribution in [0.5, 0.6) is 0 Å². The van der Waals surface area contributed by atoms with Gasteiger partial charge in [-0.1, -0.05) is 36.0 Å². The first-order chi connectivity index (χ1) is 18.5. The van der Waals surface area contributed by atoms with Crippen molar-refractivity contribution in [2.75, 3.05) is 38.6 Å². The molecule has 2 aromatic carbocycles. The van der Waals surface area contributed by atoms with Gasteiger partial charge in [-0.15, -0.1) is 0 Å². The summed E-state index contributed by atoms with van der Waals surface area (Å²) in [7, 11) is 2.12. The maximum atomic E-state index is 12.6. The van der Waals surface area contributed by atoms with E-state index >= 15 is 0 Å². The fraction of sp³-hybridized carbons (Fsp3) is 0.345. The van der Waals surface area contributed by atoms with E-state index in [4.69, 9.17) is 14.8 Å². The second kappa shape index (κ2) is 10.8. The third kappa shape index (κ3) is 5.55. The summed E-state index contributed by atoms with van der Waals surface area (Å²) in [6.07, 6.45) is 4.10. The standard InChI is InChI=1S/C29H32N6O2S/c1-19-14-20(8-11-24(19)29(36)32-21-9-10-21)26-17-31-28-25(30-16-22-18-34(2)12-13-37-22)15-27(33-35(26)28)38-23-6-4-3-5-7-23/h3-8,11,14-15,17,21-22,30H,9-10,12-13,16,18H2,1-2H3,(H,32,36). The highest BCUT2D eigenvalue weighted by molar-refractivity contribution is 7.99. The molecule has 2 fully saturated rings. The Morgan fingerprint density at radius 2 is 2.00 bits per heavy atom. The smallest absolute Gasteiger partial charge is 0.251 e. The van der Waals surface area contributed by atoms with Gasteiger partial charge in [-0.3, -0.25) is 4.79 Å². The lowest BCUT2D eigenvalue weighted by molar-refractivity contribution is -0.0117. The van der Waals surface area contributed by atoms with Crippen LogP contribution in [0.15, 0.2) is 70.7 Å². The molecule has 4 aromatic rings. The Bertz CT molecular complexity index is 1450. The summed E-state index contributed by atoms with van der Waals surface area (Å²) in [5, 5.41) is 12.5. The lowest BCUT2D eigenvalue weighted by atomic mass is 10.0. The molecule has 2 aliphatic rings. The van der Waals surface area contributed by atoms with Crippen LogP contribution in [-0.4, -0.2) is 70.8 Å². The van der Waals surface area contributed by atoms with E-state index in [1.165, 1.54) is 0 Å². The van der Waals surface area contributed by atoms with Crippen LogP contribution in [0.2, 0.25) is 0 Å². The van der Waals surface area contributed by atoms with Gasteiger partial charge >= 0.3 is 0 Å². The molecule has 0 bridgehead atoms. The summed E-state index contributed by atoms with van der Waals surface area (Å²) < 4.78 is 7.87. The number of nitrogens with one attached hydrogen (secondary N) is 2. The van der Waals surface area contributed by atoms with Gasteiger partial charge < -0.3 is 20.3 Å². The van der Waals surface area contributed by atoms with Crippen LogP contribution < -0.4 is 10.6 Å². The van der Waals surface area contributed by atoms with Crippen molar-refractivity contribution >= 4 is 29.0 Å². The molecule has 0 spiro atoms. The molecule has 6 rings (SSSR count). The number of aromatic nitrogens is 3. The maximum absolute atomic E-state index is 12.6. The van der Waals surface area contributed by atoms with Crippen molar-refractivity contribution in [3.63, 3.8) is 0 Å². The van der Waals surface area contributed by atoms with E-state index in [0.717, 1.165) is 70.6 Å². The van der Waals surface area contributed by atoms with Crippen molar-refractivity contribution in [3.05, 3.63) is 71.9 Å². The average molecular weight is 529 g/mol. The molecule has 1 aliphatic heterocycles. The molecule has 1 amide bonds. The minimum atomic E-state index is -0.00331. The number of ether oxygens (including phenoxy) is 1. The Morgan fingerprint density at radius 3 is 2.76 bits per heavy atom. The van der Waals surface area contributed by atoms with E-state index in [-0.39, 0.29) is 12.0 Å². The van der Waals surface area contributed by atoms with Crippen molar-refractivity contribution < 1.29 is 9.53 Å². The summed E-state index contributed by atoms with van der Waals surface area (Å²) in [6.45, 7) is 5.25. The number of carbonyl (C=O) groups is 1. The van der Waals surface area contributed by atoms with E-state index in [2.05, 4.69) is 40.8 Å². The zero-order valence-corrected chi connectivity index (χ0v) is 22.5. The minimum Gasteiger partial charge on any atom is -0.379 e.